The van der Waals surface area contributed by atoms with Gasteiger partial charge < -0.3 is 10.6 Å². The van der Waals surface area contributed by atoms with Gasteiger partial charge in [0.1, 0.15) is 5.69 Å². The van der Waals surface area contributed by atoms with E-state index < -0.39 is 0 Å². The van der Waals surface area contributed by atoms with Crippen LogP contribution < -0.4 is 10.6 Å². The summed E-state index contributed by atoms with van der Waals surface area (Å²) in [7, 11) is 0. The molecule has 0 radical (unpaired) electrons. The molecule has 2 aromatic carbocycles. The Hall–Kier alpha value is -3.24. The number of aromatic nitrogens is 2. The molecule has 0 saturated heterocycles. The van der Waals surface area contributed by atoms with E-state index in [9.17, 15) is 4.79 Å². The first-order chi connectivity index (χ1) is 12.1. The number of anilines is 3. The quantitative estimate of drug-likeness (QED) is 0.695. The molecule has 122 valence electrons. The number of amides is 1. The topological polar surface area (TPSA) is 90.7 Å². The average Bonchev–Trinajstić information content (AvgIpc) is 2.62. The number of nitriles is 1. The van der Waals surface area contributed by atoms with Crippen LogP contribution in [0, 0.1) is 11.3 Å². The van der Waals surface area contributed by atoms with Crippen LogP contribution in [0.3, 0.4) is 0 Å². The summed E-state index contributed by atoms with van der Waals surface area (Å²) in [5, 5.41) is 14.6. The van der Waals surface area contributed by atoms with Crippen LogP contribution >= 0.6 is 15.9 Å². The highest BCUT2D eigenvalue weighted by Crippen LogP contribution is 2.17. The summed E-state index contributed by atoms with van der Waals surface area (Å²) in [4.78, 5) is 20.7. The van der Waals surface area contributed by atoms with Gasteiger partial charge in [-0.2, -0.15) is 5.26 Å². The molecule has 1 aromatic heterocycles. The van der Waals surface area contributed by atoms with Crippen molar-refractivity contribution in [1.82, 2.24) is 9.97 Å². The standard InChI is InChI=1S/C18H12BrN5O/c19-13-2-1-3-15(10-13)22-17(25)16-8-9-21-18(24-16)23-14-6-4-12(11-20)5-7-14/h1-10H,(H,22,25)(H,21,23,24). The van der Waals surface area contributed by atoms with Crippen molar-refractivity contribution in [2.45, 2.75) is 0 Å². The zero-order valence-corrected chi connectivity index (χ0v) is 14.5. The van der Waals surface area contributed by atoms with Crippen molar-refractivity contribution in [2.75, 3.05) is 10.6 Å². The highest BCUT2D eigenvalue weighted by atomic mass is 79.9. The minimum Gasteiger partial charge on any atom is -0.324 e. The molecule has 0 aliphatic rings. The number of carbonyl (C=O) groups excluding carboxylic acids is 1. The predicted octanol–water partition coefficient (Wildman–Crippen LogP) is 4.11. The van der Waals surface area contributed by atoms with Crippen molar-refractivity contribution in [3.63, 3.8) is 0 Å². The van der Waals surface area contributed by atoms with Gasteiger partial charge in [0.2, 0.25) is 5.95 Å². The number of hydrogen-bond donors (Lipinski definition) is 2. The largest absolute Gasteiger partial charge is 0.324 e. The van der Waals surface area contributed by atoms with Crippen LogP contribution in [0.4, 0.5) is 17.3 Å². The monoisotopic (exact) mass is 393 g/mol. The van der Waals surface area contributed by atoms with E-state index in [2.05, 4.69) is 42.6 Å². The van der Waals surface area contributed by atoms with E-state index in [1.54, 1.807) is 36.4 Å². The normalized spacial score (nSPS) is 9.92. The molecule has 1 heterocycles. The molecule has 0 saturated carbocycles. The van der Waals surface area contributed by atoms with Crippen molar-refractivity contribution in [3.05, 3.63) is 76.5 Å². The third-order valence-corrected chi connectivity index (χ3v) is 3.73. The third kappa shape index (κ3) is 4.40. The first-order valence-electron chi connectivity index (χ1n) is 7.31. The molecule has 3 aromatic rings. The maximum absolute atomic E-state index is 12.3. The van der Waals surface area contributed by atoms with E-state index in [1.165, 1.54) is 12.3 Å². The molecular formula is C18H12BrN5O. The summed E-state index contributed by atoms with van der Waals surface area (Å²) >= 11 is 3.36. The van der Waals surface area contributed by atoms with Gasteiger partial charge >= 0.3 is 0 Å². The van der Waals surface area contributed by atoms with Crippen LogP contribution in [-0.2, 0) is 0 Å². The second-order valence-corrected chi connectivity index (χ2v) is 5.96. The highest BCUT2D eigenvalue weighted by molar-refractivity contribution is 9.10. The van der Waals surface area contributed by atoms with Crippen LogP contribution in [0.1, 0.15) is 16.1 Å². The summed E-state index contributed by atoms with van der Waals surface area (Å²) in [6.45, 7) is 0. The number of carbonyl (C=O) groups is 1. The van der Waals surface area contributed by atoms with Gasteiger partial charge in [-0.1, -0.05) is 22.0 Å². The average molecular weight is 394 g/mol. The Morgan fingerprint density at radius 2 is 1.88 bits per heavy atom. The third-order valence-electron chi connectivity index (χ3n) is 3.24. The zero-order chi connectivity index (χ0) is 17.6. The molecule has 0 aliphatic heterocycles. The molecule has 3 rings (SSSR count). The molecule has 0 spiro atoms. The number of nitrogens with one attached hydrogen (secondary N) is 2. The van der Waals surface area contributed by atoms with Crippen molar-refractivity contribution >= 4 is 39.2 Å². The van der Waals surface area contributed by atoms with E-state index in [-0.39, 0.29) is 11.6 Å². The summed E-state index contributed by atoms with van der Waals surface area (Å²) in [6.07, 6.45) is 1.51. The Morgan fingerprint density at radius 1 is 1.08 bits per heavy atom. The molecule has 2 N–H and O–H groups in total. The molecule has 1 amide bonds. The lowest BCUT2D eigenvalue weighted by atomic mass is 10.2. The molecule has 7 heteroatoms. The minimum absolute atomic E-state index is 0.242. The van der Waals surface area contributed by atoms with Gasteiger partial charge in [-0.25, -0.2) is 9.97 Å². The number of nitrogens with zero attached hydrogens (tertiary/aromatic N) is 3. The van der Waals surface area contributed by atoms with E-state index in [4.69, 9.17) is 5.26 Å². The Balaban J connectivity index is 1.74. The Morgan fingerprint density at radius 3 is 2.60 bits per heavy atom. The van der Waals surface area contributed by atoms with Crippen molar-refractivity contribution in [2.24, 2.45) is 0 Å². The molecule has 0 aliphatic carbocycles. The van der Waals surface area contributed by atoms with Gasteiger partial charge in [0, 0.05) is 22.0 Å². The van der Waals surface area contributed by atoms with Crippen LogP contribution in [0.25, 0.3) is 0 Å². The lowest BCUT2D eigenvalue weighted by Crippen LogP contribution is -2.14. The van der Waals surface area contributed by atoms with Crippen LogP contribution in [0.15, 0.2) is 65.3 Å². The Kier molecular flexibility index (Phi) is 5.02. The molecule has 0 fully saturated rings. The summed E-state index contributed by atoms with van der Waals surface area (Å²) < 4.78 is 0.871. The van der Waals surface area contributed by atoms with Crippen LogP contribution in [0.2, 0.25) is 0 Å². The molecule has 0 bridgehead atoms. The van der Waals surface area contributed by atoms with E-state index >= 15 is 0 Å². The maximum Gasteiger partial charge on any atom is 0.274 e. The number of halogens is 1. The van der Waals surface area contributed by atoms with E-state index in [0.717, 1.165) is 10.2 Å². The molecule has 6 nitrogen and oxygen atoms in total. The second kappa shape index (κ2) is 7.55. The predicted molar refractivity (Wildman–Crippen MR) is 98.6 cm³/mol. The van der Waals surface area contributed by atoms with E-state index in [1.807, 2.05) is 12.1 Å². The van der Waals surface area contributed by atoms with Crippen molar-refractivity contribution in [1.29, 1.82) is 5.26 Å². The fourth-order valence-corrected chi connectivity index (χ4v) is 2.46. The van der Waals surface area contributed by atoms with Gasteiger partial charge in [-0.15, -0.1) is 0 Å². The summed E-state index contributed by atoms with van der Waals surface area (Å²) in [5.74, 6) is -0.0324. The summed E-state index contributed by atoms with van der Waals surface area (Å²) in [5.41, 5.74) is 2.20. The highest BCUT2D eigenvalue weighted by Gasteiger charge is 2.09. The lowest BCUT2D eigenvalue weighted by molar-refractivity contribution is 0.102. The fraction of sp³-hybridized carbons (Fsp3) is 0. The van der Waals surface area contributed by atoms with Gasteiger partial charge in [0.05, 0.1) is 11.6 Å². The Bertz CT molecular complexity index is 950. The molecule has 25 heavy (non-hydrogen) atoms. The van der Waals surface area contributed by atoms with Crippen molar-refractivity contribution < 1.29 is 4.79 Å². The SMILES string of the molecule is N#Cc1ccc(Nc2nccc(C(=O)Nc3cccc(Br)c3)n2)cc1. The molecule has 0 unspecified atom stereocenters. The Labute approximate surface area is 152 Å². The number of rotatable bonds is 4. The first kappa shape index (κ1) is 16.6. The maximum atomic E-state index is 12.3. The van der Waals surface area contributed by atoms with Crippen LogP contribution in [-0.4, -0.2) is 15.9 Å². The van der Waals surface area contributed by atoms with Gasteiger partial charge in [0.15, 0.2) is 0 Å². The number of hydrogen-bond acceptors (Lipinski definition) is 5. The lowest BCUT2D eigenvalue weighted by Gasteiger charge is -2.08. The minimum atomic E-state index is -0.330. The number of benzene rings is 2. The van der Waals surface area contributed by atoms with Crippen LogP contribution in [0.5, 0.6) is 0 Å². The van der Waals surface area contributed by atoms with Gasteiger partial charge in [-0.3, -0.25) is 4.79 Å². The van der Waals surface area contributed by atoms with E-state index in [0.29, 0.717) is 17.2 Å². The van der Waals surface area contributed by atoms with Gasteiger partial charge in [-0.05, 0) is 48.5 Å². The van der Waals surface area contributed by atoms with Gasteiger partial charge in [0.25, 0.3) is 5.91 Å². The first-order valence-corrected chi connectivity index (χ1v) is 8.10. The second-order valence-electron chi connectivity index (χ2n) is 5.04. The van der Waals surface area contributed by atoms with Crippen molar-refractivity contribution in [3.8, 4) is 6.07 Å². The smallest absolute Gasteiger partial charge is 0.274 e. The molecule has 0 atom stereocenters. The zero-order valence-electron chi connectivity index (χ0n) is 12.9. The fourth-order valence-electron chi connectivity index (χ4n) is 2.06. The summed E-state index contributed by atoms with van der Waals surface area (Å²) in [6, 6.07) is 17.8. The molecular weight excluding hydrogens is 382 g/mol.